The third-order valence-corrected chi connectivity index (χ3v) is 4.15. The van der Waals surface area contributed by atoms with Crippen molar-refractivity contribution in [2.75, 3.05) is 11.9 Å². The largest absolute Gasteiger partial charge is 0.446 e. The Hall–Kier alpha value is -3.36. The number of amides is 1. The van der Waals surface area contributed by atoms with Gasteiger partial charge in [-0.1, -0.05) is 13.8 Å². The van der Waals surface area contributed by atoms with Gasteiger partial charge in [0, 0.05) is 17.7 Å². The van der Waals surface area contributed by atoms with Crippen LogP contribution in [0.1, 0.15) is 50.4 Å². The van der Waals surface area contributed by atoms with Crippen LogP contribution in [0.5, 0.6) is 0 Å². The summed E-state index contributed by atoms with van der Waals surface area (Å²) in [6.45, 7) is 2.58. The number of anilines is 2. The van der Waals surface area contributed by atoms with E-state index in [2.05, 4.69) is 25.5 Å². The highest BCUT2D eigenvalue weighted by Gasteiger charge is 2.32. The Kier molecular flexibility index (Phi) is 7.97. The summed E-state index contributed by atoms with van der Waals surface area (Å²) in [5.74, 6) is 0.961. The minimum absolute atomic E-state index is 0.0375. The highest BCUT2D eigenvalue weighted by Crippen LogP contribution is 2.36. The molecule has 30 heavy (non-hydrogen) atoms. The van der Waals surface area contributed by atoms with Crippen molar-refractivity contribution in [1.82, 2.24) is 25.5 Å². The van der Waals surface area contributed by atoms with Crippen molar-refractivity contribution in [3.8, 4) is 6.07 Å². The van der Waals surface area contributed by atoms with E-state index >= 15 is 0 Å². The highest BCUT2D eigenvalue weighted by molar-refractivity contribution is 5.67. The van der Waals surface area contributed by atoms with Gasteiger partial charge >= 0.3 is 12.3 Å². The number of nitriles is 1. The molecule has 0 aromatic carbocycles. The number of aromatic nitrogens is 4. The molecular formula is C18H22F3N7O2. The van der Waals surface area contributed by atoms with Crippen molar-refractivity contribution in [3.05, 3.63) is 29.8 Å². The molecule has 3 rings (SSSR count). The topological polar surface area (TPSA) is 129 Å². The lowest BCUT2D eigenvalue weighted by atomic mass is 10.0. The van der Waals surface area contributed by atoms with Crippen LogP contribution in [0, 0.1) is 11.3 Å². The van der Waals surface area contributed by atoms with Crippen molar-refractivity contribution in [3.63, 3.8) is 0 Å². The van der Waals surface area contributed by atoms with E-state index < -0.39 is 24.9 Å². The molecule has 2 unspecified atom stereocenters. The van der Waals surface area contributed by atoms with E-state index in [0.717, 1.165) is 5.69 Å². The highest BCUT2D eigenvalue weighted by atomic mass is 19.4. The molecule has 0 saturated heterocycles. The van der Waals surface area contributed by atoms with Gasteiger partial charge in [-0.05, 0) is 19.3 Å². The minimum atomic E-state index is -4.48. The fourth-order valence-corrected chi connectivity index (χ4v) is 2.89. The van der Waals surface area contributed by atoms with Gasteiger partial charge in [-0.2, -0.15) is 23.5 Å². The van der Waals surface area contributed by atoms with Gasteiger partial charge in [0.25, 0.3) is 0 Å². The smallest absolute Gasteiger partial charge is 0.407 e. The van der Waals surface area contributed by atoms with E-state index in [0.29, 0.717) is 30.9 Å². The number of hydrogen-bond acceptors (Lipinski definition) is 7. The van der Waals surface area contributed by atoms with Crippen molar-refractivity contribution in [2.24, 2.45) is 0 Å². The van der Waals surface area contributed by atoms with Crippen molar-refractivity contribution in [2.45, 2.75) is 51.3 Å². The summed E-state index contributed by atoms with van der Waals surface area (Å²) in [6.07, 6.45) is -1.53. The fourth-order valence-electron chi connectivity index (χ4n) is 2.89. The van der Waals surface area contributed by atoms with Gasteiger partial charge in [0.05, 0.1) is 12.4 Å². The molecule has 1 aliphatic rings. The molecule has 0 spiro atoms. The summed E-state index contributed by atoms with van der Waals surface area (Å²) >= 11 is 0. The number of aromatic amines is 1. The third-order valence-electron chi connectivity index (χ3n) is 4.15. The van der Waals surface area contributed by atoms with Crippen LogP contribution in [0.2, 0.25) is 0 Å². The number of rotatable bonds is 5. The zero-order valence-electron chi connectivity index (χ0n) is 16.5. The second-order valence-corrected chi connectivity index (χ2v) is 6.24. The van der Waals surface area contributed by atoms with E-state index in [1.54, 1.807) is 11.4 Å². The maximum Gasteiger partial charge on any atom is 0.407 e. The zero-order valence-corrected chi connectivity index (χ0v) is 16.5. The molecule has 1 amide bonds. The number of alkyl carbamates (subject to hydrolysis) is 1. The predicted molar refractivity (Wildman–Crippen MR) is 101 cm³/mol. The molecule has 162 valence electrons. The average molecular weight is 425 g/mol. The average Bonchev–Trinajstić information content (AvgIpc) is 3.37. The number of ether oxygens (including phenoxy) is 1. The molecule has 0 radical (unpaired) electrons. The van der Waals surface area contributed by atoms with Crippen LogP contribution in [0.3, 0.4) is 0 Å². The summed E-state index contributed by atoms with van der Waals surface area (Å²) in [5.41, 5.74) is 1.01. The number of alkyl halides is 3. The van der Waals surface area contributed by atoms with E-state index in [1.165, 1.54) is 12.4 Å². The number of nitrogens with zero attached hydrogens (tertiary/aromatic N) is 4. The lowest BCUT2D eigenvalue weighted by Gasteiger charge is -2.14. The van der Waals surface area contributed by atoms with Crippen LogP contribution in [0.4, 0.5) is 29.6 Å². The maximum atomic E-state index is 12.1. The number of nitrogens with one attached hydrogen (secondary N) is 3. The third kappa shape index (κ3) is 6.91. The molecule has 1 fully saturated rings. The maximum absolute atomic E-state index is 12.1. The van der Waals surface area contributed by atoms with Gasteiger partial charge < -0.3 is 15.4 Å². The van der Waals surface area contributed by atoms with E-state index in [1.807, 2.05) is 19.9 Å². The molecule has 2 aromatic rings. The molecule has 2 atom stereocenters. The van der Waals surface area contributed by atoms with E-state index in [-0.39, 0.29) is 11.6 Å². The number of hydrogen-bond donors (Lipinski definition) is 3. The Morgan fingerprint density at radius 3 is 2.70 bits per heavy atom. The Balaban J connectivity index is 0.00000155. The van der Waals surface area contributed by atoms with Gasteiger partial charge in [0.2, 0.25) is 0 Å². The van der Waals surface area contributed by atoms with Crippen molar-refractivity contribution < 1.29 is 22.7 Å². The second kappa shape index (κ2) is 10.4. The Bertz CT molecular complexity index is 862. The van der Waals surface area contributed by atoms with Crippen LogP contribution in [0.25, 0.3) is 0 Å². The lowest BCUT2D eigenvalue weighted by molar-refractivity contribution is -0.124. The van der Waals surface area contributed by atoms with E-state index in [4.69, 9.17) is 10.00 Å². The summed E-state index contributed by atoms with van der Waals surface area (Å²) in [6, 6.07) is 3.65. The fraction of sp³-hybridized carbons (Fsp3) is 0.500. The first-order valence-electron chi connectivity index (χ1n) is 9.38. The predicted octanol–water partition coefficient (Wildman–Crippen LogP) is 3.77. The molecule has 1 aliphatic carbocycles. The Morgan fingerprint density at radius 2 is 2.07 bits per heavy atom. The van der Waals surface area contributed by atoms with Gasteiger partial charge in [-0.3, -0.25) is 5.10 Å². The number of carbonyl (C=O) groups is 1. The van der Waals surface area contributed by atoms with Gasteiger partial charge in [0.1, 0.15) is 24.5 Å². The standard InChI is InChI=1S/C16H16F3N7O2.C2H6/c17-16(18,19)8-23-15(27)28-11-2-1-9(3-11)12-4-13(26-25-12)24-14-7-21-10(5-20)6-22-14;1-2/h4,6-7,9,11H,1-3,8H2,(H,23,27)(H2,22,24,25,26);1-2H3. The number of carbonyl (C=O) groups excluding carboxylic acids is 1. The normalized spacial score (nSPS) is 18.0. The summed E-state index contributed by atoms with van der Waals surface area (Å²) in [7, 11) is 0. The Labute approximate surface area is 171 Å². The van der Waals surface area contributed by atoms with Gasteiger partial charge in [-0.25, -0.2) is 14.8 Å². The summed E-state index contributed by atoms with van der Waals surface area (Å²) < 4.78 is 41.3. The molecule has 0 aliphatic heterocycles. The molecule has 1 saturated carbocycles. The molecule has 9 nitrogen and oxygen atoms in total. The molecule has 0 bridgehead atoms. The first-order valence-corrected chi connectivity index (χ1v) is 9.38. The minimum Gasteiger partial charge on any atom is -0.446 e. The molecule has 12 heteroatoms. The lowest BCUT2D eigenvalue weighted by Crippen LogP contribution is -2.35. The number of H-pyrrole nitrogens is 1. The molecule has 3 N–H and O–H groups in total. The number of halogens is 3. The van der Waals surface area contributed by atoms with Crippen LogP contribution in [-0.2, 0) is 4.74 Å². The zero-order chi connectivity index (χ0) is 22.1. The van der Waals surface area contributed by atoms with Crippen LogP contribution in [-0.4, -0.2) is 45.1 Å². The van der Waals surface area contributed by atoms with Crippen LogP contribution >= 0.6 is 0 Å². The van der Waals surface area contributed by atoms with Gasteiger partial charge in [-0.15, -0.1) is 0 Å². The quantitative estimate of drug-likeness (QED) is 0.665. The first kappa shape index (κ1) is 22.9. The van der Waals surface area contributed by atoms with Crippen molar-refractivity contribution in [1.29, 1.82) is 5.26 Å². The summed E-state index contributed by atoms with van der Waals surface area (Å²) in [4.78, 5) is 19.4. The SMILES string of the molecule is CC.N#Cc1cnc(Nc2cc(C3CCC(OC(=O)NCC(F)(F)F)C3)[nH]n2)cn1. The Morgan fingerprint density at radius 1 is 1.30 bits per heavy atom. The van der Waals surface area contributed by atoms with Crippen molar-refractivity contribution >= 4 is 17.7 Å². The molecule has 2 aromatic heterocycles. The monoisotopic (exact) mass is 425 g/mol. The first-order chi connectivity index (χ1) is 14.3. The molecular weight excluding hydrogens is 403 g/mol. The molecule has 2 heterocycles. The summed E-state index contributed by atoms with van der Waals surface area (Å²) in [5, 5.41) is 20.4. The van der Waals surface area contributed by atoms with Crippen LogP contribution < -0.4 is 10.6 Å². The van der Waals surface area contributed by atoms with E-state index in [9.17, 15) is 18.0 Å². The van der Waals surface area contributed by atoms with Gasteiger partial charge in [0.15, 0.2) is 11.5 Å². The second-order valence-electron chi connectivity index (χ2n) is 6.24. The van der Waals surface area contributed by atoms with Crippen LogP contribution in [0.15, 0.2) is 18.5 Å².